The van der Waals surface area contributed by atoms with Gasteiger partial charge in [-0.15, -0.1) is 0 Å². The highest BCUT2D eigenvalue weighted by molar-refractivity contribution is 5.84. The highest BCUT2D eigenvalue weighted by Gasteiger charge is 2.11. The van der Waals surface area contributed by atoms with Gasteiger partial charge in [0.2, 0.25) is 0 Å². The van der Waals surface area contributed by atoms with E-state index in [2.05, 4.69) is 24.3 Å². The Bertz CT molecular complexity index is 1230. The maximum absolute atomic E-state index is 12.6. The molecule has 4 rings (SSSR count). The molecule has 0 bridgehead atoms. The minimum absolute atomic E-state index is 0.160. The van der Waals surface area contributed by atoms with Gasteiger partial charge in [0.05, 0.1) is 14.2 Å². The Morgan fingerprint density at radius 1 is 0.486 bits per heavy atom. The molecule has 4 nitrogen and oxygen atoms in total. The van der Waals surface area contributed by atoms with Crippen LogP contribution in [-0.4, -0.2) is 25.8 Å². The van der Waals surface area contributed by atoms with Gasteiger partial charge in [0.1, 0.15) is 23.1 Å². The molecule has 37 heavy (non-hydrogen) atoms. The Kier molecular flexibility index (Phi) is 8.88. The van der Waals surface area contributed by atoms with Gasteiger partial charge in [-0.25, -0.2) is 0 Å². The topological polar surface area (TPSA) is 52.6 Å². The summed E-state index contributed by atoms with van der Waals surface area (Å²) in [7, 11) is 3.25. The minimum atomic E-state index is 0.160. The largest absolute Gasteiger partial charge is 0.496 e. The summed E-state index contributed by atoms with van der Waals surface area (Å²) in [6.07, 6.45) is 2.32. The Morgan fingerprint density at radius 2 is 0.838 bits per heavy atom. The van der Waals surface area contributed by atoms with Crippen LogP contribution in [-0.2, 0) is 41.7 Å². The first kappa shape index (κ1) is 25.9. The van der Waals surface area contributed by atoms with Crippen molar-refractivity contribution in [3.8, 4) is 11.5 Å². The zero-order chi connectivity index (χ0) is 26.0. The van der Waals surface area contributed by atoms with Crippen molar-refractivity contribution in [3.63, 3.8) is 0 Å². The van der Waals surface area contributed by atoms with Crippen LogP contribution in [0, 0.1) is 0 Å². The fraction of sp³-hybridized carbons (Fsp3) is 0.212. The summed E-state index contributed by atoms with van der Waals surface area (Å²) in [5.41, 5.74) is 6.20. The molecule has 0 aliphatic carbocycles. The average molecular weight is 493 g/mol. The van der Waals surface area contributed by atoms with E-state index in [1.165, 1.54) is 11.1 Å². The van der Waals surface area contributed by atoms with Gasteiger partial charge in [-0.1, -0.05) is 84.9 Å². The van der Waals surface area contributed by atoms with E-state index in [0.717, 1.165) is 40.2 Å². The van der Waals surface area contributed by atoms with Crippen molar-refractivity contribution in [2.24, 2.45) is 0 Å². The van der Waals surface area contributed by atoms with Crippen molar-refractivity contribution in [1.29, 1.82) is 0 Å². The molecule has 0 spiro atoms. The van der Waals surface area contributed by atoms with E-state index in [4.69, 9.17) is 9.47 Å². The second-order valence-electron chi connectivity index (χ2n) is 9.22. The minimum Gasteiger partial charge on any atom is -0.496 e. The van der Waals surface area contributed by atoms with Crippen molar-refractivity contribution in [3.05, 3.63) is 130 Å². The summed E-state index contributed by atoms with van der Waals surface area (Å²) in [5, 5.41) is 0. The zero-order valence-electron chi connectivity index (χ0n) is 21.4. The molecule has 4 heteroatoms. The number of hydrogen-bond donors (Lipinski definition) is 0. The summed E-state index contributed by atoms with van der Waals surface area (Å²) < 4.78 is 10.7. The molecule has 0 N–H and O–H groups in total. The van der Waals surface area contributed by atoms with Gasteiger partial charge >= 0.3 is 0 Å². The van der Waals surface area contributed by atoms with Crippen LogP contribution in [0.25, 0.3) is 0 Å². The third-order valence-electron chi connectivity index (χ3n) is 6.42. The molecular formula is C33H32O4. The fourth-order valence-corrected chi connectivity index (χ4v) is 4.49. The van der Waals surface area contributed by atoms with Crippen LogP contribution in [0.1, 0.15) is 33.4 Å². The van der Waals surface area contributed by atoms with E-state index < -0.39 is 0 Å². The summed E-state index contributed by atoms with van der Waals surface area (Å²) in [5.74, 6) is 1.82. The molecule has 0 unspecified atom stereocenters. The third-order valence-corrected chi connectivity index (χ3v) is 6.42. The monoisotopic (exact) mass is 492 g/mol. The lowest BCUT2D eigenvalue weighted by atomic mass is 9.98. The van der Waals surface area contributed by atoms with Crippen LogP contribution in [0.3, 0.4) is 0 Å². The Labute approximate surface area is 218 Å². The number of carbonyl (C=O) groups excluding carboxylic acids is 2. The SMILES string of the molecule is COc1ccccc1CC(=O)Cc1ccc(Cc2ccc(CC(=O)Cc3ccccc3OC)cc2)cc1. The predicted octanol–water partition coefficient (Wildman–Crippen LogP) is 6.00. The quantitative estimate of drug-likeness (QED) is 0.243. The number of methoxy groups -OCH3 is 2. The van der Waals surface area contributed by atoms with E-state index in [1.807, 2.05) is 72.8 Å². The molecule has 0 amide bonds. The molecule has 0 heterocycles. The maximum atomic E-state index is 12.6. The maximum Gasteiger partial charge on any atom is 0.141 e. The molecule has 0 aromatic heterocycles. The number of carbonyl (C=O) groups is 2. The molecular weight excluding hydrogens is 460 g/mol. The molecule has 0 saturated heterocycles. The highest BCUT2D eigenvalue weighted by atomic mass is 16.5. The molecule has 0 fully saturated rings. The molecule has 188 valence electrons. The summed E-state index contributed by atoms with van der Waals surface area (Å²) in [4.78, 5) is 25.2. The fourth-order valence-electron chi connectivity index (χ4n) is 4.49. The van der Waals surface area contributed by atoms with E-state index >= 15 is 0 Å². The van der Waals surface area contributed by atoms with Gasteiger partial charge in [0, 0.05) is 36.8 Å². The number of Topliss-reactive ketones (excluding diaryl/α,β-unsaturated/α-hetero) is 2. The lowest BCUT2D eigenvalue weighted by Crippen LogP contribution is -2.08. The van der Waals surface area contributed by atoms with Crippen molar-refractivity contribution < 1.29 is 19.1 Å². The smallest absolute Gasteiger partial charge is 0.141 e. The molecule has 4 aromatic rings. The Hall–Kier alpha value is -4.18. The lowest BCUT2D eigenvalue weighted by Gasteiger charge is -2.09. The number of hydrogen-bond acceptors (Lipinski definition) is 4. The molecule has 0 saturated carbocycles. The van der Waals surface area contributed by atoms with E-state index in [9.17, 15) is 9.59 Å². The molecule has 4 aromatic carbocycles. The number of rotatable bonds is 12. The van der Waals surface area contributed by atoms with Crippen LogP contribution in [0.2, 0.25) is 0 Å². The Balaban J connectivity index is 1.28. The van der Waals surface area contributed by atoms with Crippen molar-refractivity contribution in [2.75, 3.05) is 14.2 Å². The second-order valence-corrected chi connectivity index (χ2v) is 9.22. The van der Waals surface area contributed by atoms with Crippen molar-refractivity contribution >= 4 is 11.6 Å². The van der Waals surface area contributed by atoms with E-state index in [0.29, 0.717) is 25.7 Å². The van der Waals surface area contributed by atoms with Crippen LogP contribution in [0.15, 0.2) is 97.1 Å². The van der Waals surface area contributed by atoms with Crippen LogP contribution in [0.4, 0.5) is 0 Å². The van der Waals surface area contributed by atoms with E-state index in [-0.39, 0.29) is 11.6 Å². The molecule has 0 aliphatic rings. The summed E-state index contributed by atoms with van der Waals surface area (Å²) >= 11 is 0. The first-order chi connectivity index (χ1) is 18.0. The first-order valence-corrected chi connectivity index (χ1v) is 12.5. The lowest BCUT2D eigenvalue weighted by molar-refractivity contribution is -0.118. The normalized spacial score (nSPS) is 10.6. The number of ether oxygens (including phenoxy) is 2. The molecule has 0 radical (unpaired) electrons. The highest BCUT2D eigenvalue weighted by Crippen LogP contribution is 2.20. The number of ketones is 2. The number of para-hydroxylation sites is 2. The second kappa shape index (κ2) is 12.7. The standard InChI is InChI=1S/C33H32O4/c1-36-32-9-5-3-7-28(32)22-30(34)20-26-15-11-24(12-16-26)19-25-13-17-27(18-14-25)21-31(35)23-29-8-4-6-10-33(29)37-2/h3-18H,19-23H2,1-2H3. The van der Waals surface area contributed by atoms with Crippen molar-refractivity contribution in [2.45, 2.75) is 32.1 Å². The van der Waals surface area contributed by atoms with E-state index in [1.54, 1.807) is 14.2 Å². The van der Waals surface area contributed by atoms with Crippen LogP contribution < -0.4 is 9.47 Å². The number of benzene rings is 4. The van der Waals surface area contributed by atoms with Gasteiger partial charge in [0.25, 0.3) is 0 Å². The van der Waals surface area contributed by atoms with Crippen LogP contribution >= 0.6 is 0 Å². The zero-order valence-corrected chi connectivity index (χ0v) is 21.4. The first-order valence-electron chi connectivity index (χ1n) is 12.5. The van der Waals surface area contributed by atoms with Gasteiger partial charge in [-0.2, -0.15) is 0 Å². The van der Waals surface area contributed by atoms with Crippen molar-refractivity contribution in [1.82, 2.24) is 0 Å². The third kappa shape index (κ3) is 7.40. The molecule has 0 aliphatic heterocycles. The summed E-state index contributed by atoms with van der Waals surface area (Å²) in [6.45, 7) is 0. The molecule has 0 atom stereocenters. The van der Waals surface area contributed by atoms with Gasteiger partial charge in [-0.05, 0) is 40.8 Å². The summed E-state index contributed by atoms with van der Waals surface area (Å²) in [6, 6.07) is 31.7. The van der Waals surface area contributed by atoms with Crippen LogP contribution in [0.5, 0.6) is 11.5 Å². The van der Waals surface area contributed by atoms with Gasteiger partial charge in [-0.3, -0.25) is 9.59 Å². The Morgan fingerprint density at radius 3 is 1.22 bits per heavy atom. The van der Waals surface area contributed by atoms with Gasteiger partial charge in [0.15, 0.2) is 0 Å². The van der Waals surface area contributed by atoms with Gasteiger partial charge < -0.3 is 9.47 Å². The predicted molar refractivity (Wildman–Crippen MR) is 147 cm³/mol. The average Bonchev–Trinajstić information content (AvgIpc) is 2.91.